The predicted octanol–water partition coefficient (Wildman–Crippen LogP) is -2.59. The minimum atomic E-state index is -1.26. The summed E-state index contributed by atoms with van der Waals surface area (Å²) in [6, 6.07) is 0. The molecule has 0 aromatic rings. The van der Waals surface area contributed by atoms with Crippen LogP contribution >= 0.6 is 0 Å². The normalized spacial score (nSPS) is 12.0. The summed E-state index contributed by atoms with van der Waals surface area (Å²) in [5.41, 5.74) is 0. The summed E-state index contributed by atoms with van der Waals surface area (Å²) in [7, 11) is 1.89. The van der Waals surface area contributed by atoms with Crippen molar-refractivity contribution in [1.29, 1.82) is 0 Å². The third kappa shape index (κ3) is 11.8. The first-order chi connectivity index (χ1) is 7.52. The maximum atomic E-state index is 8.59. The van der Waals surface area contributed by atoms with Crippen LogP contribution in [0, 0.1) is 0 Å². The molecule has 0 aliphatic rings. The van der Waals surface area contributed by atoms with E-state index in [0.29, 0.717) is 39.3 Å². The van der Waals surface area contributed by atoms with Crippen LogP contribution in [0.15, 0.2) is 0 Å². The molecule has 0 aliphatic carbocycles. The van der Waals surface area contributed by atoms with Crippen molar-refractivity contribution in [2.75, 3.05) is 33.5 Å². The summed E-state index contributed by atoms with van der Waals surface area (Å²) in [6.07, 6.45) is -1.92. The molecule has 0 unspecified atom stereocenters. The Morgan fingerprint density at radius 1 is 0.875 bits per heavy atom. The SMILES string of the molecule is CN(CNCCC(O)O)CNCCC(O)O. The molecule has 0 aliphatic heterocycles. The zero-order valence-electron chi connectivity index (χ0n) is 9.63. The molecule has 0 rings (SSSR count). The van der Waals surface area contributed by atoms with Gasteiger partial charge in [-0.1, -0.05) is 0 Å². The third-order valence-corrected chi connectivity index (χ3v) is 1.92. The van der Waals surface area contributed by atoms with E-state index in [2.05, 4.69) is 10.6 Å². The van der Waals surface area contributed by atoms with Crippen molar-refractivity contribution in [3.05, 3.63) is 0 Å². The number of nitrogens with zero attached hydrogens (tertiary/aromatic N) is 1. The van der Waals surface area contributed by atoms with E-state index in [4.69, 9.17) is 20.4 Å². The van der Waals surface area contributed by atoms with Gasteiger partial charge < -0.3 is 31.1 Å². The van der Waals surface area contributed by atoms with Gasteiger partial charge in [-0.2, -0.15) is 0 Å². The lowest BCUT2D eigenvalue weighted by Gasteiger charge is -2.18. The molecule has 0 radical (unpaired) electrons. The van der Waals surface area contributed by atoms with Crippen molar-refractivity contribution >= 4 is 0 Å². The highest BCUT2D eigenvalue weighted by atomic mass is 16.5. The average Bonchev–Trinajstić information content (AvgIpc) is 2.19. The zero-order chi connectivity index (χ0) is 12.4. The molecule has 0 atom stereocenters. The Morgan fingerprint density at radius 2 is 1.25 bits per heavy atom. The van der Waals surface area contributed by atoms with Crippen LogP contribution in [0.5, 0.6) is 0 Å². The van der Waals surface area contributed by atoms with Gasteiger partial charge in [0.25, 0.3) is 0 Å². The van der Waals surface area contributed by atoms with E-state index >= 15 is 0 Å². The summed E-state index contributed by atoms with van der Waals surface area (Å²) in [6.45, 7) is 2.33. The average molecular weight is 237 g/mol. The summed E-state index contributed by atoms with van der Waals surface area (Å²) in [5, 5.41) is 40.4. The first-order valence-corrected chi connectivity index (χ1v) is 5.34. The fraction of sp³-hybridized carbons (Fsp3) is 1.00. The van der Waals surface area contributed by atoms with Gasteiger partial charge in [0.15, 0.2) is 12.6 Å². The second kappa shape index (κ2) is 9.91. The molecule has 16 heavy (non-hydrogen) atoms. The van der Waals surface area contributed by atoms with E-state index in [1.165, 1.54) is 0 Å². The smallest absolute Gasteiger partial charge is 0.152 e. The zero-order valence-corrected chi connectivity index (χ0v) is 9.63. The van der Waals surface area contributed by atoms with Gasteiger partial charge in [-0.25, -0.2) is 0 Å². The van der Waals surface area contributed by atoms with Gasteiger partial charge in [-0.15, -0.1) is 0 Å². The van der Waals surface area contributed by atoms with Crippen LogP contribution in [0.2, 0.25) is 0 Å². The topological polar surface area (TPSA) is 108 Å². The van der Waals surface area contributed by atoms with Gasteiger partial charge in [0, 0.05) is 39.3 Å². The van der Waals surface area contributed by atoms with Gasteiger partial charge in [0.1, 0.15) is 0 Å². The Balaban J connectivity index is 3.21. The molecule has 0 saturated carbocycles. The minimum absolute atomic E-state index is 0.304. The molecule has 7 heteroatoms. The minimum Gasteiger partial charge on any atom is -0.368 e. The molecule has 0 bridgehead atoms. The number of rotatable bonds is 10. The Kier molecular flexibility index (Phi) is 9.74. The molecular weight excluding hydrogens is 214 g/mol. The van der Waals surface area contributed by atoms with Crippen molar-refractivity contribution in [1.82, 2.24) is 15.5 Å². The van der Waals surface area contributed by atoms with Crippen LogP contribution in [0.4, 0.5) is 0 Å². The molecular formula is C9H23N3O4. The monoisotopic (exact) mass is 237 g/mol. The third-order valence-electron chi connectivity index (χ3n) is 1.92. The highest BCUT2D eigenvalue weighted by Crippen LogP contribution is 1.84. The maximum absolute atomic E-state index is 8.59. The molecule has 0 fully saturated rings. The Morgan fingerprint density at radius 3 is 1.56 bits per heavy atom. The van der Waals surface area contributed by atoms with E-state index in [9.17, 15) is 0 Å². The van der Waals surface area contributed by atoms with E-state index < -0.39 is 12.6 Å². The van der Waals surface area contributed by atoms with E-state index in [-0.39, 0.29) is 0 Å². The Hall–Kier alpha value is -0.280. The van der Waals surface area contributed by atoms with Crippen LogP contribution in [-0.4, -0.2) is 71.4 Å². The second-order valence-corrected chi connectivity index (χ2v) is 3.71. The highest BCUT2D eigenvalue weighted by Gasteiger charge is 2.00. The van der Waals surface area contributed by atoms with Crippen molar-refractivity contribution in [3.8, 4) is 0 Å². The molecule has 7 nitrogen and oxygen atoms in total. The largest absolute Gasteiger partial charge is 0.368 e. The standard InChI is InChI=1S/C9H23N3O4/c1-12(6-10-4-2-8(13)14)7-11-5-3-9(15)16/h8-11,13-16H,2-7H2,1H3. The summed E-state index contributed by atoms with van der Waals surface area (Å²) < 4.78 is 0. The number of hydrogen-bond donors (Lipinski definition) is 6. The van der Waals surface area contributed by atoms with E-state index in [1.807, 2.05) is 11.9 Å². The summed E-state index contributed by atoms with van der Waals surface area (Å²) >= 11 is 0. The number of aliphatic hydroxyl groups excluding tert-OH is 2. The fourth-order valence-electron chi connectivity index (χ4n) is 1.06. The lowest BCUT2D eigenvalue weighted by atomic mass is 10.4. The molecule has 0 amide bonds. The highest BCUT2D eigenvalue weighted by molar-refractivity contribution is 4.52. The fourth-order valence-corrected chi connectivity index (χ4v) is 1.06. The number of aliphatic hydroxyl groups is 4. The number of hydrogen-bond acceptors (Lipinski definition) is 7. The molecule has 0 aromatic heterocycles. The number of nitrogens with one attached hydrogen (secondary N) is 2. The molecule has 0 aromatic carbocycles. The lowest BCUT2D eigenvalue weighted by Crippen LogP contribution is -2.39. The van der Waals surface area contributed by atoms with Crippen LogP contribution in [-0.2, 0) is 0 Å². The second-order valence-electron chi connectivity index (χ2n) is 3.71. The van der Waals surface area contributed by atoms with E-state index in [1.54, 1.807) is 0 Å². The van der Waals surface area contributed by atoms with Crippen molar-refractivity contribution < 1.29 is 20.4 Å². The Labute approximate surface area is 95.7 Å². The molecule has 0 saturated heterocycles. The van der Waals surface area contributed by atoms with Crippen LogP contribution in [0.25, 0.3) is 0 Å². The van der Waals surface area contributed by atoms with Gasteiger partial charge in [-0.3, -0.25) is 4.90 Å². The van der Waals surface area contributed by atoms with Gasteiger partial charge in [-0.05, 0) is 7.05 Å². The van der Waals surface area contributed by atoms with Crippen molar-refractivity contribution in [3.63, 3.8) is 0 Å². The van der Waals surface area contributed by atoms with Crippen LogP contribution in [0.1, 0.15) is 12.8 Å². The molecule has 6 N–H and O–H groups in total. The van der Waals surface area contributed by atoms with Gasteiger partial charge >= 0.3 is 0 Å². The van der Waals surface area contributed by atoms with Crippen molar-refractivity contribution in [2.45, 2.75) is 25.4 Å². The maximum Gasteiger partial charge on any atom is 0.152 e. The molecule has 0 spiro atoms. The lowest BCUT2D eigenvalue weighted by molar-refractivity contribution is -0.0448. The first kappa shape index (κ1) is 15.7. The summed E-state index contributed by atoms with van der Waals surface area (Å²) in [5.74, 6) is 0. The van der Waals surface area contributed by atoms with Crippen molar-refractivity contribution in [2.24, 2.45) is 0 Å². The quantitative estimate of drug-likeness (QED) is 0.183. The first-order valence-electron chi connectivity index (χ1n) is 5.34. The van der Waals surface area contributed by atoms with Crippen LogP contribution in [0.3, 0.4) is 0 Å². The molecule has 98 valence electrons. The van der Waals surface area contributed by atoms with Gasteiger partial charge in [0.05, 0.1) is 0 Å². The van der Waals surface area contributed by atoms with Gasteiger partial charge in [0.2, 0.25) is 0 Å². The van der Waals surface area contributed by atoms with Crippen LogP contribution < -0.4 is 10.6 Å². The predicted molar refractivity (Wildman–Crippen MR) is 59.2 cm³/mol. The molecule has 0 heterocycles. The van der Waals surface area contributed by atoms with E-state index in [0.717, 1.165) is 0 Å². The summed E-state index contributed by atoms with van der Waals surface area (Å²) in [4.78, 5) is 1.95. The Bertz CT molecular complexity index is 142.